The van der Waals surface area contributed by atoms with E-state index in [0.29, 0.717) is 35.3 Å². The Kier molecular flexibility index (Phi) is 3.52. The minimum absolute atomic E-state index is 0.197. The van der Waals surface area contributed by atoms with Gasteiger partial charge in [0, 0.05) is 6.07 Å². The van der Waals surface area contributed by atoms with E-state index in [-0.39, 0.29) is 6.79 Å². The van der Waals surface area contributed by atoms with Crippen LogP contribution in [0.4, 0.5) is 0 Å². The van der Waals surface area contributed by atoms with E-state index in [2.05, 4.69) is 13.8 Å². The van der Waals surface area contributed by atoms with Crippen LogP contribution in [-0.2, 0) is 0 Å². The van der Waals surface area contributed by atoms with Crippen molar-refractivity contribution in [2.24, 2.45) is 5.92 Å². The van der Waals surface area contributed by atoms with Crippen molar-refractivity contribution < 1.29 is 19.0 Å². The number of ether oxygens (including phenoxy) is 3. The monoisotopic (exact) mass is 236 g/mol. The van der Waals surface area contributed by atoms with Crippen molar-refractivity contribution >= 4 is 6.29 Å². The van der Waals surface area contributed by atoms with Gasteiger partial charge in [-0.15, -0.1) is 0 Å². The minimum atomic E-state index is 0.197. The third-order valence-corrected chi connectivity index (χ3v) is 2.58. The first-order valence-corrected chi connectivity index (χ1v) is 5.72. The summed E-state index contributed by atoms with van der Waals surface area (Å²) in [7, 11) is 0. The standard InChI is InChI=1S/C13H16O4/c1-9(2)3-4-15-11-6-13-12(16-8-17-13)5-10(11)7-14/h5-7,9H,3-4,8H2,1-2H3. The molecule has 0 fully saturated rings. The van der Waals surface area contributed by atoms with Crippen molar-refractivity contribution in [2.75, 3.05) is 13.4 Å². The molecule has 0 amide bonds. The van der Waals surface area contributed by atoms with E-state index in [0.717, 1.165) is 12.7 Å². The summed E-state index contributed by atoms with van der Waals surface area (Å²) in [6, 6.07) is 3.37. The molecule has 17 heavy (non-hydrogen) atoms. The van der Waals surface area contributed by atoms with Gasteiger partial charge < -0.3 is 14.2 Å². The van der Waals surface area contributed by atoms with Gasteiger partial charge in [0.15, 0.2) is 17.8 Å². The van der Waals surface area contributed by atoms with E-state index in [1.165, 1.54) is 0 Å². The summed E-state index contributed by atoms with van der Waals surface area (Å²) in [6.45, 7) is 5.05. The van der Waals surface area contributed by atoms with Crippen LogP contribution >= 0.6 is 0 Å². The third kappa shape index (κ3) is 2.70. The van der Waals surface area contributed by atoms with Crippen molar-refractivity contribution in [3.63, 3.8) is 0 Å². The van der Waals surface area contributed by atoms with Gasteiger partial charge in [-0.1, -0.05) is 13.8 Å². The maximum absolute atomic E-state index is 10.9. The van der Waals surface area contributed by atoms with E-state index in [1.54, 1.807) is 12.1 Å². The van der Waals surface area contributed by atoms with Gasteiger partial charge >= 0.3 is 0 Å². The van der Waals surface area contributed by atoms with Gasteiger partial charge in [-0.3, -0.25) is 4.79 Å². The van der Waals surface area contributed by atoms with E-state index in [1.807, 2.05) is 0 Å². The Morgan fingerprint density at radius 1 is 1.35 bits per heavy atom. The molecule has 0 aliphatic carbocycles. The fourth-order valence-electron chi connectivity index (χ4n) is 1.56. The van der Waals surface area contributed by atoms with Crippen LogP contribution in [0.25, 0.3) is 0 Å². The van der Waals surface area contributed by atoms with Gasteiger partial charge in [-0.05, 0) is 18.4 Å². The second-order valence-corrected chi connectivity index (χ2v) is 4.39. The highest BCUT2D eigenvalue weighted by atomic mass is 16.7. The van der Waals surface area contributed by atoms with Crippen LogP contribution in [0.1, 0.15) is 30.6 Å². The zero-order valence-corrected chi connectivity index (χ0v) is 10.1. The van der Waals surface area contributed by atoms with E-state index in [9.17, 15) is 4.79 Å². The first-order valence-electron chi connectivity index (χ1n) is 5.72. The Balaban J connectivity index is 2.12. The van der Waals surface area contributed by atoms with Crippen LogP contribution in [-0.4, -0.2) is 19.7 Å². The van der Waals surface area contributed by atoms with Gasteiger partial charge in [0.05, 0.1) is 12.2 Å². The fourth-order valence-corrected chi connectivity index (χ4v) is 1.56. The molecule has 0 N–H and O–H groups in total. The molecular formula is C13H16O4. The Bertz CT molecular complexity index is 412. The van der Waals surface area contributed by atoms with E-state index in [4.69, 9.17) is 14.2 Å². The molecule has 0 saturated carbocycles. The molecule has 2 rings (SSSR count). The summed E-state index contributed by atoms with van der Waals surface area (Å²) in [5, 5.41) is 0. The number of carbonyl (C=O) groups excluding carboxylic acids is 1. The maximum atomic E-state index is 10.9. The van der Waals surface area contributed by atoms with Crippen molar-refractivity contribution in [3.05, 3.63) is 17.7 Å². The Morgan fingerprint density at radius 2 is 2.06 bits per heavy atom. The molecule has 0 atom stereocenters. The predicted octanol–water partition coefficient (Wildman–Crippen LogP) is 2.65. The maximum Gasteiger partial charge on any atom is 0.231 e. The zero-order valence-electron chi connectivity index (χ0n) is 10.1. The largest absolute Gasteiger partial charge is 0.493 e. The Hall–Kier alpha value is -1.71. The number of fused-ring (bicyclic) bond motifs is 1. The van der Waals surface area contributed by atoms with Crippen molar-refractivity contribution in [1.29, 1.82) is 0 Å². The quantitative estimate of drug-likeness (QED) is 0.737. The lowest BCUT2D eigenvalue weighted by molar-refractivity contribution is 0.111. The molecule has 1 aliphatic heterocycles. The molecule has 0 bridgehead atoms. The Labute approximate surface area is 100 Å². The summed E-state index contributed by atoms with van der Waals surface area (Å²) in [5.74, 6) is 2.37. The number of aldehydes is 1. The molecule has 0 saturated heterocycles. The molecule has 1 aromatic carbocycles. The van der Waals surface area contributed by atoms with Gasteiger partial charge in [0.2, 0.25) is 6.79 Å². The summed E-state index contributed by atoms with van der Waals surface area (Å²) in [6.07, 6.45) is 1.72. The Morgan fingerprint density at radius 3 is 2.71 bits per heavy atom. The van der Waals surface area contributed by atoms with Crippen LogP contribution in [0.2, 0.25) is 0 Å². The lowest BCUT2D eigenvalue weighted by Gasteiger charge is -2.10. The van der Waals surface area contributed by atoms with Gasteiger partial charge in [0.1, 0.15) is 5.75 Å². The van der Waals surface area contributed by atoms with Crippen molar-refractivity contribution in [1.82, 2.24) is 0 Å². The number of carbonyl (C=O) groups is 1. The first-order chi connectivity index (χ1) is 8.20. The average Bonchev–Trinajstić information content (AvgIpc) is 2.74. The molecule has 1 aliphatic rings. The molecule has 0 radical (unpaired) electrons. The number of rotatable bonds is 5. The van der Waals surface area contributed by atoms with E-state index >= 15 is 0 Å². The molecule has 0 unspecified atom stereocenters. The number of benzene rings is 1. The molecule has 4 nitrogen and oxygen atoms in total. The van der Waals surface area contributed by atoms with Crippen LogP contribution in [0.3, 0.4) is 0 Å². The lowest BCUT2D eigenvalue weighted by atomic mass is 10.1. The minimum Gasteiger partial charge on any atom is -0.493 e. The second kappa shape index (κ2) is 5.08. The van der Waals surface area contributed by atoms with Crippen molar-refractivity contribution in [3.8, 4) is 17.2 Å². The highest BCUT2D eigenvalue weighted by molar-refractivity contribution is 5.81. The number of hydrogen-bond donors (Lipinski definition) is 0. The van der Waals surface area contributed by atoms with Crippen LogP contribution < -0.4 is 14.2 Å². The molecule has 0 aromatic heterocycles. The molecule has 0 spiro atoms. The molecule has 1 aromatic rings. The summed E-state index contributed by atoms with van der Waals surface area (Å²) in [5.41, 5.74) is 0.498. The molecule has 92 valence electrons. The average molecular weight is 236 g/mol. The van der Waals surface area contributed by atoms with Gasteiger partial charge in [-0.25, -0.2) is 0 Å². The molecule has 1 heterocycles. The SMILES string of the molecule is CC(C)CCOc1cc2c(cc1C=O)OCO2. The zero-order chi connectivity index (χ0) is 12.3. The van der Waals surface area contributed by atoms with E-state index < -0.39 is 0 Å². The molecule has 4 heteroatoms. The highest BCUT2D eigenvalue weighted by Crippen LogP contribution is 2.37. The topological polar surface area (TPSA) is 44.8 Å². The van der Waals surface area contributed by atoms with Gasteiger partial charge in [0.25, 0.3) is 0 Å². The smallest absolute Gasteiger partial charge is 0.231 e. The number of hydrogen-bond acceptors (Lipinski definition) is 4. The second-order valence-electron chi connectivity index (χ2n) is 4.39. The summed E-state index contributed by atoms with van der Waals surface area (Å²) < 4.78 is 16.0. The molecular weight excluding hydrogens is 220 g/mol. The van der Waals surface area contributed by atoms with Crippen LogP contribution in [0.5, 0.6) is 17.2 Å². The fraction of sp³-hybridized carbons (Fsp3) is 0.462. The lowest BCUT2D eigenvalue weighted by Crippen LogP contribution is -2.03. The van der Waals surface area contributed by atoms with Crippen LogP contribution in [0.15, 0.2) is 12.1 Å². The normalized spacial score (nSPS) is 12.9. The summed E-state index contributed by atoms with van der Waals surface area (Å²) in [4.78, 5) is 10.9. The van der Waals surface area contributed by atoms with Gasteiger partial charge in [-0.2, -0.15) is 0 Å². The summed E-state index contributed by atoms with van der Waals surface area (Å²) >= 11 is 0. The third-order valence-electron chi connectivity index (χ3n) is 2.58. The first kappa shape index (κ1) is 11.8. The van der Waals surface area contributed by atoms with Crippen molar-refractivity contribution in [2.45, 2.75) is 20.3 Å². The predicted molar refractivity (Wildman–Crippen MR) is 62.9 cm³/mol. The highest BCUT2D eigenvalue weighted by Gasteiger charge is 2.17. The van der Waals surface area contributed by atoms with Crippen LogP contribution in [0, 0.1) is 5.92 Å².